The van der Waals surface area contributed by atoms with E-state index in [1.807, 2.05) is 23.9 Å². The lowest BCUT2D eigenvalue weighted by Gasteiger charge is -2.08. The second-order valence-electron chi connectivity index (χ2n) is 6.06. The van der Waals surface area contributed by atoms with E-state index in [9.17, 15) is 10.1 Å². The van der Waals surface area contributed by atoms with Crippen LogP contribution in [0.3, 0.4) is 0 Å². The topological polar surface area (TPSA) is 79.9 Å². The van der Waals surface area contributed by atoms with Crippen molar-refractivity contribution < 1.29 is 9.53 Å². The van der Waals surface area contributed by atoms with Gasteiger partial charge in [-0.1, -0.05) is 35.3 Å². The van der Waals surface area contributed by atoms with Crippen LogP contribution >= 0.6 is 23.2 Å². The van der Waals surface area contributed by atoms with Crippen LogP contribution in [0.4, 0.5) is 5.69 Å². The van der Waals surface area contributed by atoms with Crippen LogP contribution < -0.4 is 10.1 Å². The normalized spacial score (nSPS) is 11.0. The van der Waals surface area contributed by atoms with Crippen molar-refractivity contribution in [3.63, 3.8) is 0 Å². The number of benzene rings is 2. The minimum absolute atomic E-state index is 0.0577. The van der Waals surface area contributed by atoms with E-state index in [0.29, 0.717) is 28.6 Å². The zero-order valence-electron chi connectivity index (χ0n) is 15.4. The molecule has 0 aliphatic carbocycles. The summed E-state index contributed by atoms with van der Waals surface area (Å²) in [4.78, 5) is 16.6. The molecule has 3 rings (SSSR count). The SMILES string of the molecule is Cn1ccnc1COc1ccc(C=C(C#N)C(=O)Nc2ccc(Cl)cc2Cl)cc1. The van der Waals surface area contributed by atoms with Crippen LogP contribution in [0.5, 0.6) is 5.75 Å². The smallest absolute Gasteiger partial charge is 0.266 e. The number of carbonyl (C=O) groups is 1. The first-order chi connectivity index (χ1) is 14.0. The van der Waals surface area contributed by atoms with Gasteiger partial charge in [-0.2, -0.15) is 5.26 Å². The predicted octanol–water partition coefficient (Wildman–Crippen LogP) is 4.85. The van der Waals surface area contributed by atoms with Crippen LogP contribution in [0.1, 0.15) is 11.4 Å². The van der Waals surface area contributed by atoms with Crippen LogP contribution in [-0.4, -0.2) is 15.5 Å². The van der Waals surface area contributed by atoms with Crippen LogP contribution in [0.25, 0.3) is 6.08 Å². The number of rotatable bonds is 6. The highest BCUT2D eigenvalue weighted by atomic mass is 35.5. The largest absolute Gasteiger partial charge is 0.486 e. The summed E-state index contributed by atoms with van der Waals surface area (Å²) in [5.41, 5.74) is 1.00. The number of anilines is 1. The average molecular weight is 427 g/mol. The Kier molecular flexibility index (Phi) is 6.55. The van der Waals surface area contributed by atoms with Crippen LogP contribution in [-0.2, 0) is 18.4 Å². The first-order valence-electron chi connectivity index (χ1n) is 8.53. The van der Waals surface area contributed by atoms with Crippen molar-refractivity contribution >= 4 is 40.9 Å². The number of hydrogen-bond donors (Lipinski definition) is 1. The van der Waals surface area contributed by atoms with E-state index in [4.69, 9.17) is 27.9 Å². The van der Waals surface area contributed by atoms with Gasteiger partial charge < -0.3 is 14.6 Å². The number of aryl methyl sites for hydroxylation is 1. The average Bonchev–Trinajstić information content (AvgIpc) is 3.12. The molecule has 1 heterocycles. The third-order valence-corrected chi connectivity index (χ3v) is 4.57. The highest BCUT2D eigenvalue weighted by molar-refractivity contribution is 6.36. The number of imidazole rings is 1. The van der Waals surface area contributed by atoms with E-state index in [0.717, 1.165) is 5.82 Å². The molecule has 1 aromatic heterocycles. The standard InChI is InChI=1S/C21H16Cl2N4O2/c1-27-9-8-25-20(27)13-29-17-5-2-14(3-6-17)10-15(12-24)21(28)26-19-7-4-16(22)11-18(19)23/h2-11H,13H2,1H3,(H,26,28). The number of nitriles is 1. The molecule has 6 nitrogen and oxygen atoms in total. The van der Waals surface area contributed by atoms with E-state index in [2.05, 4.69) is 10.3 Å². The number of carbonyl (C=O) groups excluding carboxylic acids is 1. The predicted molar refractivity (Wildman–Crippen MR) is 113 cm³/mol. The Morgan fingerprint density at radius 2 is 2.03 bits per heavy atom. The summed E-state index contributed by atoms with van der Waals surface area (Å²) in [6, 6.07) is 13.6. The molecule has 2 aromatic carbocycles. The van der Waals surface area contributed by atoms with Crippen molar-refractivity contribution in [3.05, 3.63) is 81.9 Å². The van der Waals surface area contributed by atoms with Gasteiger partial charge in [0.2, 0.25) is 0 Å². The molecule has 0 unspecified atom stereocenters. The van der Waals surface area contributed by atoms with Gasteiger partial charge in [-0.3, -0.25) is 4.79 Å². The van der Waals surface area contributed by atoms with Gasteiger partial charge in [-0.25, -0.2) is 4.98 Å². The third kappa shape index (κ3) is 5.38. The summed E-state index contributed by atoms with van der Waals surface area (Å²) in [5, 5.41) is 12.7. The van der Waals surface area contributed by atoms with Gasteiger partial charge in [0.05, 0.1) is 10.7 Å². The van der Waals surface area contributed by atoms with Gasteiger partial charge in [0.15, 0.2) is 0 Å². The molecule has 29 heavy (non-hydrogen) atoms. The number of halogens is 2. The molecular formula is C21H16Cl2N4O2. The lowest BCUT2D eigenvalue weighted by molar-refractivity contribution is -0.112. The second-order valence-corrected chi connectivity index (χ2v) is 6.90. The lowest BCUT2D eigenvalue weighted by Crippen LogP contribution is -2.13. The Hall–Kier alpha value is -3.27. The third-order valence-electron chi connectivity index (χ3n) is 4.02. The summed E-state index contributed by atoms with van der Waals surface area (Å²) in [6.45, 7) is 0.340. The van der Waals surface area contributed by atoms with Crippen molar-refractivity contribution in [2.45, 2.75) is 6.61 Å². The zero-order chi connectivity index (χ0) is 20.8. The first kappa shape index (κ1) is 20.5. The van der Waals surface area contributed by atoms with E-state index >= 15 is 0 Å². The quantitative estimate of drug-likeness (QED) is 0.451. The Labute approximate surface area is 178 Å². The van der Waals surface area contributed by atoms with Crippen LogP contribution in [0, 0.1) is 11.3 Å². The molecule has 0 aliphatic rings. The molecule has 0 radical (unpaired) electrons. The monoisotopic (exact) mass is 426 g/mol. The molecule has 0 bridgehead atoms. The lowest BCUT2D eigenvalue weighted by atomic mass is 10.1. The summed E-state index contributed by atoms with van der Waals surface area (Å²) >= 11 is 11.9. The number of amides is 1. The molecule has 0 saturated heterocycles. The highest BCUT2D eigenvalue weighted by Gasteiger charge is 2.12. The molecule has 0 saturated carbocycles. The molecule has 3 aromatic rings. The highest BCUT2D eigenvalue weighted by Crippen LogP contribution is 2.26. The Bertz CT molecular complexity index is 1100. The van der Waals surface area contributed by atoms with Gasteiger partial charge in [-0.15, -0.1) is 0 Å². The first-order valence-corrected chi connectivity index (χ1v) is 9.29. The van der Waals surface area contributed by atoms with Crippen molar-refractivity contribution in [2.24, 2.45) is 7.05 Å². The Morgan fingerprint density at radius 1 is 1.28 bits per heavy atom. The van der Waals surface area contributed by atoms with Gasteiger partial charge in [0, 0.05) is 24.5 Å². The fraction of sp³-hybridized carbons (Fsp3) is 0.0952. The molecule has 0 fully saturated rings. The zero-order valence-corrected chi connectivity index (χ0v) is 16.9. The summed E-state index contributed by atoms with van der Waals surface area (Å²) in [5.74, 6) is 0.895. The maximum absolute atomic E-state index is 12.4. The molecule has 146 valence electrons. The van der Waals surface area contributed by atoms with Crippen LogP contribution in [0.2, 0.25) is 10.0 Å². The van der Waals surface area contributed by atoms with Gasteiger partial charge in [0.1, 0.15) is 29.8 Å². The number of nitrogens with zero attached hydrogens (tertiary/aromatic N) is 3. The summed E-state index contributed by atoms with van der Waals surface area (Å²) in [7, 11) is 1.89. The van der Waals surface area contributed by atoms with Crippen molar-refractivity contribution in [1.82, 2.24) is 9.55 Å². The maximum Gasteiger partial charge on any atom is 0.266 e. The number of nitrogens with one attached hydrogen (secondary N) is 1. The van der Waals surface area contributed by atoms with E-state index < -0.39 is 5.91 Å². The van der Waals surface area contributed by atoms with E-state index in [1.165, 1.54) is 12.1 Å². The minimum atomic E-state index is -0.563. The van der Waals surface area contributed by atoms with Gasteiger partial charge >= 0.3 is 0 Å². The minimum Gasteiger partial charge on any atom is -0.486 e. The van der Waals surface area contributed by atoms with Crippen molar-refractivity contribution in [3.8, 4) is 11.8 Å². The second kappa shape index (κ2) is 9.28. The fourth-order valence-corrected chi connectivity index (χ4v) is 2.90. The summed E-state index contributed by atoms with van der Waals surface area (Å²) < 4.78 is 7.57. The summed E-state index contributed by atoms with van der Waals surface area (Å²) in [6.07, 6.45) is 5.04. The van der Waals surface area contributed by atoms with E-state index in [-0.39, 0.29) is 10.6 Å². The van der Waals surface area contributed by atoms with Crippen molar-refractivity contribution in [1.29, 1.82) is 5.26 Å². The molecule has 0 aliphatic heterocycles. The number of hydrogen-bond acceptors (Lipinski definition) is 4. The Balaban J connectivity index is 1.67. The molecule has 0 atom stereocenters. The Morgan fingerprint density at radius 3 is 2.66 bits per heavy atom. The number of ether oxygens (including phenoxy) is 1. The molecule has 1 N–H and O–H groups in total. The van der Waals surface area contributed by atoms with E-state index in [1.54, 1.807) is 42.6 Å². The van der Waals surface area contributed by atoms with Gasteiger partial charge in [-0.05, 0) is 42.0 Å². The molecule has 1 amide bonds. The maximum atomic E-state index is 12.4. The fourth-order valence-electron chi connectivity index (χ4n) is 2.44. The number of aromatic nitrogens is 2. The molecule has 8 heteroatoms. The molecular weight excluding hydrogens is 411 g/mol. The van der Waals surface area contributed by atoms with Crippen LogP contribution in [0.15, 0.2) is 60.4 Å². The molecule has 0 spiro atoms. The van der Waals surface area contributed by atoms with Crippen molar-refractivity contribution in [2.75, 3.05) is 5.32 Å². The van der Waals surface area contributed by atoms with Gasteiger partial charge in [0.25, 0.3) is 5.91 Å².